The highest BCUT2D eigenvalue weighted by Crippen LogP contribution is 2.18. The van der Waals surface area contributed by atoms with Crippen LogP contribution in [0, 0.1) is 12.7 Å². The van der Waals surface area contributed by atoms with Crippen molar-refractivity contribution in [2.45, 2.75) is 13.3 Å². The molecular weight excluding hydrogens is 243 g/mol. The topological polar surface area (TPSA) is 18.5 Å². The molecule has 0 saturated heterocycles. The molecule has 3 heteroatoms. The molecule has 0 amide bonds. The number of rotatable bonds is 6. The fourth-order valence-electron chi connectivity index (χ4n) is 1.72. The summed E-state index contributed by atoms with van der Waals surface area (Å²) < 4.78 is 24.0. The standard InChI is InChI=1S/C16H17FO2/c1-13-12-14(17)8-9-16(13)19-11-5-10-18-15-6-3-2-4-7-15/h2-4,6-9,12H,5,10-11H2,1H3. The minimum absolute atomic E-state index is 0.239. The summed E-state index contributed by atoms with van der Waals surface area (Å²) in [6.45, 7) is 2.99. The van der Waals surface area contributed by atoms with Gasteiger partial charge in [0.05, 0.1) is 13.2 Å². The third kappa shape index (κ3) is 4.28. The van der Waals surface area contributed by atoms with Gasteiger partial charge in [0.1, 0.15) is 17.3 Å². The van der Waals surface area contributed by atoms with E-state index < -0.39 is 0 Å². The highest BCUT2D eigenvalue weighted by molar-refractivity contribution is 5.32. The first kappa shape index (κ1) is 13.4. The molecule has 2 rings (SSSR count). The molecule has 0 spiro atoms. The molecular formula is C16H17FO2. The van der Waals surface area contributed by atoms with Gasteiger partial charge in [0.25, 0.3) is 0 Å². The van der Waals surface area contributed by atoms with Crippen molar-refractivity contribution >= 4 is 0 Å². The van der Waals surface area contributed by atoms with Crippen LogP contribution in [0.3, 0.4) is 0 Å². The molecule has 0 heterocycles. The zero-order valence-corrected chi connectivity index (χ0v) is 10.9. The van der Waals surface area contributed by atoms with Crippen LogP contribution in [-0.4, -0.2) is 13.2 Å². The Balaban J connectivity index is 1.69. The van der Waals surface area contributed by atoms with Gasteiger partial charge in [0, 0.05) is 6.42 Å². The molecule has 0 bridgehead atoms. The van der Waals surface area contributed by atoms with Crippen LogP contribution < -0.4 is 9.47 Å². The van der Waals surface area contributed by atoms with Crippen molar-refractivity contribution in [3.63, 3.8) is 0 Å². The zero-order valence-electron chi connectivity index (χ0n) is 10.9. The molecule has 0 radical (unpaired) electrons. The molecule has 0 fully saturated rings. The van der Waals surface area contributed by atoms with E-state index in [1.807, 2.05) is 37.3 Å². The Labute approximate surface area is 112 Å². The van der Waals surface area contributed by atoms with E-state index in [1.54, 1.807) is 6.07 Å². The first-order chi connectivity index (χ1) is 9.25. The van der Waals surface area contributed by atoms with Gasteiger partial charge in [0.15, 0.2) is 0 Å². The van der Waals surface area contributed by atoms with Crippen LogP contribution in [-0.2, 0) is 0 Å². The van der Waals surface area contributed by atoms with E-state index in [-0.39, 0.29) is 5.82 Å². The van der Waals surface area contributed by atoms with Gasteiger partial charge in [-0.15, -0.1) is 0 Å². The maximum absolute atomic E-state index is 12.9. The third-order valence-electron chi connectivity index (χ3n) is 2.70. The van der Waals surface area contributed by atoms with Crippen molar-refractivity contribution in [1.29, 1.82) is 0 Å². The minimum Gasteiger partial charge on any atom is -0.493 e. The highest BCUT2D eigenvalue weighted by Gasteiger charge is 2.01. The van der Waals surface area contributed by atoms with E-state index in [0.29, 0.717) is 13.2 Å². The zero-order chi connectivity index (χ0) is 13.5. The molecule has 2 nitrogen and oxygen atoms in total. The lowest BCUT2D eigenvalue weighted by molar-refractivity contribution is 0.246. The molecule has 0 aliphatic rings. The van der Waals surface area contributed by atoms with Gasteiger partial charge in [-0.2, -0.15) is 0 Å². The van der Waals surface area contributed by atoms with Crippen LogP contribution in [0.25, 0.3) is 0 Å². The molecule has 19 heavy (non-hydrogen) atoms. The number of ether oxygens (including phenoxy) is 2. The van der Waals surface area contributed by atoms with Gasteiger partial charge in [-0.25, -0.2) is 4.39 Å². The predicted molar refractivity (Wildman–Crippen MR) is 73.2 cm³/mol. The van der Waals surface area contributed by atoms with Crippen molar-refractivity contribution < 1.29 is 13.9 Å². The van der Waals surface area contributed by atoms with Gasteiger partial charge in [-0.3, -0.25) is 0 Å². The highest BCUT2D eigenvalue weighted by atomic mass is 19.1. The Bertz CT molecular complexity index is 511. The van der Waals surface area contributed by atoms with Crippen molar-refractivity contribution in [2.75, 3.05) is 13.2 Å². The Kier molecular flexibility index (Phi) is 4.78. The summed E-state index contributed by atoms with van der Waals surface area (Å²) in [4.78, 5) is 0. The van der Waals surface area contributed by atoms with E-state index >= 15 is 0 Å². The Hall–Kier alpha value is -2.03. The quantitative estimate of drug-likeness (QED) is 0.731. The van der Waals surface area contributed by atoms with Crippen molar-refractivity contribution in [2.24, 2.45) is 0 Å². The van der Waals surface area contributed by atoms with Crippen LogP contribution in [0.15, 0.2) is 48.5 Å². The number of para-hydroxylation sites is 1. The van der Waals surface area contributed by atoms with Gasteiger partial charge in [-0.05, 0) is 42.8 Å². The smallest absolute Gasteiger partial charge is 0.123 e. The second kappa shape index (κ2) is 6.78. The summed E-state index contributed by atoms with van der Waals surface area (Å²) in [5.41, 5.74) is 0.809. The molecule has 0 aliphatic heterocycles. The van der Waals surface area contributed by atoms with E-state index in [1.165, 1.54) is 12.1 Å². The summed E-state index contributed by atoms with van der Waals surface area (Å²) in [7, 11) is 0. The third-order valence-corrected chi connectivity index (χ3v) is 2.70. The van der Waals surface area contributed by atoms with Gasteiger partial charge >= 0.3 is 0 Å². The van der Waals surface area contributed by atoms with Crippen LogP contribution >= 0.6 is 0 Å². The summed E-state index contributed by atoms with van der Waals surface area (Å²) in [5.74, 6) is 1.35. The molecule has 2 aromatic rings. The lowest BCUT2D eigenvalue weighted by Crippen LogP contribution is -2.05. The van der Waals surface area contributed by atoms with Crippen LogP contribution in [0.2, 0.25) is 0 Å². The number of hydrogen-bond acceptors (Lipinski definition) is 2. The molecule has 0 atom stereocenters. The van der Waals surface area contributed by atoms with Crippen molar-refractivity contribution in [1.82, 2.24) is 0 Å². The molecule has 0 unspecified atom stereocenters. The van der Waals surface area contributed by atoms with E-state index in [2.05, 4.69) is 0 Å². The summed E-state index contributed by atoms with van der Waals surface area (Å²) >= 11 is 0. The van der Waals surface area contributed by atoms with Gasteiger partial charge in [-0.1, -0.05) is 18.2 Å². The van der Waals surface area contributed by atoms with Crippen LogP contribution in [0.5, 0.6) is 11.5 Å². The summed E-state index contributed by atoms with van der Waals surface area (Å²) in [6, 6.07) is 14.2. The molecule has 0 N–H and O–H groups in total. The fourth-order valence-corrected chi connectivity index (χ4v) is 1.72. The second-order valence-electron chi connectivity index (χ2n) is 4.27. The predicted octanol–water partition coefficient (Wildman–Crippen LogP) is 3.98. The van der Waals surface area contributed by atoms with Gasteiger partial charge in [0.2, 0.25) is 0 Å². The maximum Gasteiger partial charge on any atom is 0.123 e. The average molecular weight is 260 g/mol. The number of aryl methyl sites for hydroxylation is 1. The van der Waals surface area contributed by atoms with Crippen molar-refractivity contribution in [3.8, 4) is 11.5 Å². The monoisotopic (exact) mass is 260 g/mol. The second-order valence-corrected chi connectivity index (χ2v) is 4.27. The van der Waals surface area contributed by atoms with Crippen LogP contribution in [0.4, 0.5) is 4.39 Å². The first-order valence-electron chi connectivity index (χ1n) is 6.32. The lowest BCUT2D eigenvalue weighted by Gasteiger charge is -2.09. The lowest BCUT2D eigenvalue weighted by atomic mass is 10.2. The number of benzene rings is 2. The normalized spacial score (nSPS) is 10.2. The molecule has 0 saturated carbocycles. The minimum atomic E-state index is -0.239. The Morgan fingerprint density at radius 3 is 2.42 bits per heavy atom. The molecule has 0 aromatic heterocycles. The average Bonchev–Trinajstić information content (AvgIpc) is 2.42. The van der Waals surface area contributed by atoms with E-state index in [9.17, 15) is 4.39 Å². The largest absolute Gasteiger partial charge is 0.493 e. The van der Waals surface area contributed by atoms with E-state index in [0.717, 1.165) is 23.5 Å². The number of hydrogen-bond donors (Lipinski definition) is 0. The van der Waals surface area contributed by atoms with Crippen molar-refractivity contribution in [3.05, 3.63) is 59.9 Å². The van der Waals surface area contributed by atoms with E-state index in [4.69, 9.17) is 9.47 Å². The fraction of sp³-hybridized carbons (Fsp3) is 0.250. The number of halogens is 1. The maximum atomic E-state index is 12.9. The first-order valence-corrected chi connectivity index (χ1v) is 6.32. The van der Waals surface area contributed by atoms with Crippen LogP contribution in [0.1, 0.15) is 12.0 Å². The SMILES string of the molecule is Cc1cc(F)ccc1OCCCOc1ccccc1. The Morgan fingerprint density at radius 2 is 1.68 bits per heavy atom. The Morgan fingerprint density at radius 1 is 0.947 bits per heavy atom. The van der Waals surface area contributed by atoms with Gasteiger partial charge < -0.3 is 9.47 Å². The molecule has 0 aliphatic carbocycles. The summed E-state index contributed by atoms with van der Waals surface area (Å²) in [5, 5.41) is 0. The molecule has 100 valence electrons. The molecule has 2 aromatic carbocycles. The summed E-state index contributed by atoms with van der Waals surface area (Å²) in [6.07, 6.45) is 0.783.